The topological polar surface area (TPSA) is 54.1 Å². The van der Waals surface area contributed by atoms with Gasteiger partial charge in [-0.25, -0.2) is 0 Å². The quantitative estimate of drug-likeness (QED) is 0.770. The van der Waals surface area contributed by atoms with E-state index in [4.69, 9.17) is 4.74 Å². The predicted molar refractivity (Wildman–Crippen MR) is 74.0 cm³/mol. The Morgan fingerprint density at radius 3 is 2.84 bits per heavy atom. The number of aromatic nitrogens is 1. The first-order chi connectivity index (χ1) is 9.03. The maximum absolute atomic E-state index is 11.8. The highest BCUT2D eigenvalue weighted by molar-refractivity contribution is 5.87. The first-order valence-corrected chi connectivity index (χ1v) is 6.48. The van der Waals surface area contributed by atoms with Gasteiger partial charge < -0.3 is 9.72 Å². The number of methoxy groups -OCH3 is 1. The molecule has 2 aromatic rings. The molecule has 1 aliphatic rings. The molecule has 0 saturated carbocycles. The maximum atomic E-state index is 11.8. The van der Waals surface area contributed by atoms with Crippen molar-refractivity contribution in [2.75, 3.05) is 7.11 Å². The van der Waals surface area contributed by atoms with E-state index in [1.54, 1.807) is 0 Å². The zero-order valence-corrected chi connectivity index (χ0v) is 11.4. The van der Waals surface area contributed by atoms with E-state index >= 15 is 0 Å². The van der Waals surface area contributed by atoms with Crippen molar-refractivity contribution in [1.29, 1.82) is 0 Å². The Labute approximate surface area is 112 Å². The van der Waals surface area contributed by atoms with Gasteiger partial charge in [0.15, 0.2) is 0 Å². The van der Waals surface area contributed by atoms with Gasteiger partial charge in [0.2, 0.25) is 0 Å². The summed E-state index contributed by atoms with van der Waals surface area (Å²) < 4.78 is 4.88. The van der Waals surface area contributed by atoms with Crippen LogP contribution in [0.25, 0.3) is 10.9 Å². The van der Waals surface area contributed by atoms with E-state index in [-0.39, 0.29) is 17.6 Å². The number of hydrogen-bond acceptors (Lipinski definition) is 3. The minimum atomic E-state index is -0.285. The molecular weight excluding hydrogens is 240 g/mol. The number of para-hydroxylation sites is 1. The van der Waals surface area contributed by atoms with Crippen LogP contribution in [0.15, 0.2) is 24.3 Å². The lowest BCUT2D eigenvalue weighted by Gasteiger charge is -2.35. The van der Waals surface area contributed by atoms with Crippen LogP contribution in [0.1, 0.15) is 25.1 Å². The van der Waals surface area contributed by atoms with Gasteiger partial charge in [-0.05, 0) is 25.5 Å². The average molecular weight is 258 g/mol. The summed E-state index contributed by atoms with van der Waals surface area (Å²) >= 11 is 0. The second kappa shape index (κ2) is 4.10. The number of benzene rings is 1. The Bertz CT molecular complexity index is 643. The van der Waals surface area contributed by atoms with Gasteiger partial charge in [0.1, 0.15) is 6.04 Å². The van der Waals surface area contributed by atoms with Gasteiger partial charge in [0.25, 0.3) is 0 Å². The lowest BCUT2D eigenvalue weighted by Crippen LogP contribution is -2.53. The van der Waals surface area contributed by atoms with Gasteiger partial charge in [-0.3, -0.25) is 10.1 Å². The molecule has 0 radical (unpaired) electrons. The highest BCUT2D eigenvalue weighted by Crippen LogP contribution is 2.35. The van der Waals surface area contributed by atoms with E-state index in [9.17, 15) is 4.79 Å². The Hall–Kier alpha value is -1.81. The minimum Gasteiger partial charge on any atom is -0.468 e. The van der Waals surface area contributed by atoms with E-state index in [0.717, 1.165) is 11.2 Å². The highest BCUT2D eigenvalue weighted by atomic mass is 16.5. The minimum absolute atomic E-state index is 0.205. The number of H-pyrrole nitrogens is 1. The van der Waals surface area contributed by atoms with E-state index in [2.05, 4.69) is 36.3 Å². The molecule has 0 spiro atoms. The Kier molecular flexibility index (Phi) is 2.64. The molecule has 4 nitrogen and oxygen atoms in total. The summed E-state index contributed by atoms with van der Waals surface area (Å²) in [4.78, 5) is 15.3. The fourth-order valence-electron chi connectivity index (χ4n) is 2.99. The summed E-state index contributed by atoms with van der Waals surface area (Å²) in [5.74, 6) is -0.205. The van der Waals surface area contributed by atoms with Crippen molar-refractivity contribution in [3.05, 3.63) is 35.5 Å². The number of hydrogen-bond donors (Lipinski definition) is 2. The maximum Gasteiger partial charge on any atom is 0.323 e. The van der Waals surface area contributed by atoms with E-state index < -0.39 is 0 Å². The van der Waals surface area contributed by atoms with Gasteiger partial charge in [-0.2, -0.15) is 0 Å². The number of esters is 1. The van der Waals surface area contributed by atoms with Gasteiger partial charge in [0.05, 0.1) is 12.6 Å². The molecule has 1 aliphatic heterocycles. The first kappa shape index (κ1) is 12.2. The number of fused-ring (bicyclic) bond motifs is 3. The lowest BCUT2D eigenvalue weighted by atomic mass is 9.86. The third-order valence-corrected chi connectivity index (χ3v) is 3.87. The predicted octanol–water partition coefficient (Wildman–Crippen LogP) is 2.09. The summed E-state index contributed by atoms with van der Waals surface area (Å²) in [6, 6.07) is 7.92. The van der Waals surface area contributed by atoms with Crippen LogP contribution >= 0.6 is 0 Å². The van der Waals surface area contributed by atoms with Crippen LogP contribution < -0.4 is 5.32 Å². The van der Waals surface area contributed by atoms with Crippen molar-refractivity contribution in [2.45, 2.75) is 31.8 Å². The molecule has 2 heterocycles. The second-order valence-corrected chi connectivity index (χ2v) is 5.57. The summed E-state index contributed by atoms with van der Waals surface area (Å²) in [5.41, 5.74) is 3.22. The second-order valence-electron chi connectivity index (χ2n) is 5.57. The summed E-state index contributed by atoms with van der Waals surface area (Å²) in [6.45, 7) is 4.16. The third-order valence-electron chi connectivity index (χ3n) is 3.87. The Balaban J connectivity index is 2.15. The lowest BCUT2D eigenvalue weighted by molar-refractivity contribution is -0.144. The number of carbonyl (C=O) groups is 1. The largest absolute Gasteiger partial charge is 0.468 e. The molecule has 4 heteroatoms. The first-order valence-electron chi connectivity index (χ1n) is 6.48. The van der Waals surface area contributed by atoms with Crippen LogP contribution in [0.3, 0.4) is 0 Å². The van der Waals surface area contributed by atoms with Crippen molar-refractivity contribution in [3.63, 3.8) is 0 Å². The fourth-order valence-corrected chi connectivity index (χ4v) is 2.99. The summed E-state index contributed by atoms with van der Waals surface area (Å²) in [6.07, 6.45) is 0.662. The molecule has 1 unspecified atom stereocenters. The van der Waals surface area contributed by atoms with Crippen LogP contribution in [-0.2, 0) is 21.5 Å². The molecule has 0 bridgehead atoms. The molecule has 3 rings (SSSR count). The van der Waals surface area contributed by atoms with Crippen molar-refractivity contribution < 1.29 is 9.53 Å². The molecule has 1 aromatic carbocycles. The fraction of sp³-hybridized carbons (Fsp3) is 0.400. The summed E-state index contributed by atoms with van der Waals surface area (Å²) in [7, 11) is 1.43. The van der Waals surface area contributed by atoms with Gasteiger partial charge in [0, 0.05) is 23.0 Å². The zero-order valence-electron chi connectivity index (χ0n) is 11.4. The van der Waals surface area contributed by atoms with Gasteiger partial charge in [-0.15, -0.1) is 0 Å². The third kappa shape index (κ3) is 1.83. The number of ether oxygens (including phenoxy) is 1. The highest BCUT2D eigenvalue weighted by Gasteiger charge is 2.38. The van der Waals surface area contributed by atoms with Crippen LogP contribution in [-0.4, -0.2) is 24.1 Å². The number of nitrogens with one attached hydrogen (secondary N) is 2. The molecule has 0 amide bonds. The smallest absolute Gasteiger partial charge is 0.323 e. The molecule has 1 atom stereocenters. The number of aromatic amines is 1. The number of carbonyl (C=O) groups excluding carboxylic acids is 1. The van der Waals surface area contributed by atoms with Crippen molar-refractivity contribution in [1.82, 2.24) is 10.3 Å². The molecule has 19 heavy (non-hydrogen) atoms. The van der Waals surface area contributed by atoms with E-state index in [0.29, 0.717) is 6.42 Å². The normalized spacial score (nSPS) is 21.1. The SMILES string of the molecule is COC(=O)C1Cc2c([nH]c3ccccc23)C(C)(C)N1. The molecule has 0 saturated heterocycles. The monoisotopic (exact) mass is 258 g/mol. The van der Waals surface area contributed by atoms with Crippen LogP contribution in [0.5, 0.6) is 0 Å². The molecule has 0 aliphatic carbocycles. The van der Waals surface area contributed by atoms with E-state index in [1.165, 1.54) is 18.1 Å². The average Bonchev–Trinajstić information content (AvgIpc) is 2.77. The molecule has 2 N–H and O–H groups in total. The van der Waals surface area contributed by atoms with Crippen LogP contribution in [0, 0.1) is 0 Å². The standard InChI is InChI=1S/C15H18N2O2/c1-15(2)13-10(8-12(17-15)14(18)19-3)9-6-4-5-7-11(9)16-13/h4-7,12,16-17H,8H2,1-3H3. The van der Waals surface area contributed by atoms with Crippen molar-refractivity contribution in [3.8, 4) is 0 Å². The van der Waals surface area contributed by atoms with Crippen LogP contribution in [0.2, 0.25) is 0 Å². The Morgan fingerprint density at radius 2 is 2.11 bits per heavy atom. The zero-order chi connectivity index (χ0) is 13.6. The summed E-state index contributed by atoms with van der Waals surface area (Å²) in [5, 5.41) is 4.55. The van der Waals surface area contributed by atoms with Crippen molar-refractivity contribution in [2.24, 2.45) is 0 Å². The molecule has 100 valence electrons. The molecule has 0 fully saturated rings. The Morgan fingerprint density at radius 1 is 1.37 bits per heavy atom. The molecule has 1 aromatic heterocycles. The number of rotatable bonds is 1. The van der Waals surface area contributed by atoms with E-state index in [1.807, 2.05) is 12.1 Å². The van der Waals surface area contributed by atoms with Gasteiger partial charge >= 0.3 is 5.97 Å². The molecular formula is C15H18N2O2. The van der Waals surface area contributed by atoms with Crippen LogP contribution in [0.4, 0.5) is 0 Å². The van der Waals surface area contributed by atoms with Crippen molar-refractivity contribution >= 4 is 16.9 Å². The van der Waals surface area contributed by atoms with Gasteiger partial charge in [-0.1, -0.05) is 18.2 Å².